The van der Waals surface area contributed by atoms with Gasteiger partial charge in [-0.2, -0.15) is 0 Å². The van der Waals surface area contributed by atoms with Gasteiger partial charge in [0.05, 0.1) is 24.9 Å². The van der Waals surface area contributed by atoms with E-state index in [-0.39, 0.29) is 12.0 Å². The van der Waals surface area contributed by atoms with Crippen LogP contribution in [0, 0.1) is 6.92 Å². The molecule has 5 atom stereocenters. The molecular weight excluding hydrogens is 310 g/mol. The fraction of sp³-hybridized carbons (Fsp3) is 0.667. The van der Waals surface area contributed by atoms with E-state index in [1.165, 1.54) is 13.1 Å². The maximum absolute atomic E-state index is 11.9. The maximum Gasteiger partial charge on any atom is 0.330 e. The minimum absolute atomic E-state index is 0.178. The van der Waals surface area contributed by atoms with E-state index in [1.54, 1.807) is 0 Å². The van der Waals surface area contributed by atoms with Crippen LogP contribution in [0.5, 0.6) is 0 Å². The third-order valence-electron chi connectivity index (χ3n) is 3.72. The van der Waals surface area contributed by atoms with Gasteiger partial charge in [0, 0.05) is 23.1 Å². The molecule has 1 saturated heterocycles. The van der Waals surface area contributed by atoms with E-state index in [4.69, 9.17) is 10.3 Å². The summed E-state index contributed by atoms with van der Waals surface area (Å²) >= 11 is 0. The van der Waals surface area contributed by atoms with Crippen molar-refractivity contribution in [2.24, 2.45) is 5.11 Å². The molecule has 11 nitrogen and oxygen atoms in total. The van der Waals surface area contributed by atoms with Crippen LogP contribution in [0.4, 0.5) is 0 Å². The molecule has 0 aliphatic carbocycles. The van der Waals surface area contributed by atoms with Crippen molar-refractivity contribution in [3.05, 3.63) is 43.0 Å². The number of nitrogens with zero attached hydrogens (tertiary/aromatic N) is 4. The molecule has 1 aliphatic rings. The molecule has 11 heteroatoms. The van der Waals surface area contributed by atoms with Crippen LogP contribution in [-0.4, -0.2) is 55.8 Å². The Kier molecular flexibility index (Phi) is 5.19. The lowest BCUT2D eigenvalue weighted by Crippen LogP contribution is -2.43. The number of hydrogen-bond donors (Lipinski definition) is 4. The molecule has 0 amide bonds. The number of ether oxygens (including phenoxy) is 1. The van der Waals surface area contributed by atoms with E-state index in [9.17, 15) is 24.9 Å². The van der Waals surface area contributed by atoms with Crippen molar-refractivity contribution in [1.82, 2.24) is 9.55 Å². The van der Waals surface area contributed by atoms with Crippen molar-refractivity contribution in [2.45, 2.75) is 43.9 Å². The molecule has 126 valence electrons. The van der Waals surface area contributed by atoms with Crippen LogP contribution in [-0.2, 0) is 4.74 Å². The third kappa shape index (κ3) is 3.44. The van der Waals surface area contributed by atoms with Gasteiger partial charge in [-0.05, 0) is 12.5 Å². The van der Waals surface area contributed by atoms with E-state index in [0.29, 0.717) is 0 Å². The number of nitrogens with one attached hydrogen (secondary N) is 1. The average molecular weight is 327 g/mol. The van der Waals surface area contributed by atoms with Crippen molar-refractivity contribution in [1.29, 1.82) is 0 Å². The third-order valence-corrected chi connectivity index (χ3v) is 3.72. The highest BCUT2D eigenvalue weighted by atomic mass is 16.5. The van der Waals surface area contributed by atoms with E-state index in [1.807, 2.05) is 0 Å². The standard InChI is InChI=1S/C12H17N5O6/c1-5-3-17(12(22)14-11(5)21)8-2-6(19)9(15-16-13)10(20)7(4-18)23-8/h3,6-10,18-20H,2,4H2,1H3,(H,14,21,22)/t6-,7+,8+,9+,10+/m0/s1. The van der Waals surface area contributed by atoms with Crippen molar-refractivity contribution < 1.29 is 20.1 Å². The van der Waals surface area contributed by atoms with Gasteiger partial charge >= 0.3 is 5.69 Å². The first-order valence-corrected chi connectivity index (χ1v) is 6.87. The predicted octanol–water partition coefficient (Wildman–Crippen LogP) is -1.47. The number of rotatable bonds is 3. The predicted molar refractivity (Wildman–Crippen MR) is 76.6 cm³/mol. The molecular formula is C12H17N5O6. The smallest absolute Gasteiger partial charge is 0.330 e. The second-order valence-electron chi connectivity index (χ2n) is 5.28. The molecule has 1 aliphatic heterocycles. The summed E-state index contributed by atoms with van der Waals surface area (Å²) in [6, 6.07) is -1.23. The first-order chi connectivity index (χ1) is 10.9. The second kappa shape index (κ2) is 6.94. The Morgan fingerprint density at radius 2 is 2.22 bits per heavy atom. The Balaban J connectivity index is 2.44. The number of aliphatic hydroxyl groups excluding tert-OH is 3. The number of aromatic amines is 1. The Hall–Kier alpha value is -2.17. The first-order valence-electron chi connectivity index (χ1n) is 6.87. The zero-order chi connectivity index (χ0) is 17.1. The molecule has 2 rings (SSSR count). The zero-order valence-electron chi connectivity index (χ0n) is 12.2. The van der Waals surface area contributed by atoms with Gasteiger partial charge in [0.2, 0.25) is 0 Å². The van der Waals surface area contributed by atoms with Gasteiger partial charge in [0.15, 0.2) is 0 Å². The summed E-state index contributed by atoms with van der Waals surface area (Å²) in [5.74, 6) is 0. The SMILES string of the molecule is Cc1cn([C@H]2C[C@H](O)[C@@H](N=[N+]=[N-])[C@H](O)[C@@H](CO)O2)c(=O)[nH]c1=O. The van der Waals surface area contributed by atoms with E-state index in [2.05, 4.69) is 15.0 Å². The fourth-order valence-corrected chi connectivity index (χ4v) is 2.47. The molecule has 1 aromatic heterocycles. The normalized spacial score (nSPS) is 31.2. The Labute approximate surface area is 129 Å². The highest BCUT2D eigenvalue weighted by Crippen LogP contribution is 2.27. The van der Waals surface area contributed by atoms with E-state index in [0.717, 1.165) is 4.57 Å². The van der Waals surface area contributed by atoms with Gasteiger partial charge < -0.3 is 20.1 Å². The molecule has 0 unspecified atom stereocenters. The van der Waals surface area contributed by atoms with Crippen LogP contribution in [0.1, 0.15) is 18.2 Å². The summed E-state index contributed by atoms with van der Waals surface area (Å²) in [6.45, 7) is 0.877. The summed E-state index contributed by atoms with van der Waals surface area (Å²) in [4.78, 5) is 28.0. The molecule has 1 fully saturated rings. The van der Waals surface area contributed by atoms with Crippen LogP contribution < -0.4 is 11.2 Å². The van der Waals surface area contributed by atoms with Gasteiger partial charge in [-0.3, -0.25) is 14.3 Å². The van der Waals surface area contributed by atoms with Crippen LogP contribution in [0.3, 0.4) is 0 Å². The van der Waals surface area contributed by atoms with Gasteiger partial charge in [-0.1, -0.05) is 5.11 Å². The molecule has 1 aromatic rings. The topological polar surface area (TPSA) is 174 Å². The lowest BCUT2D eigenvalue weighted by molar-refractivity contribution is -0.115. The first kappa shape index (κ1) is 17.2. The summed E-state index contributed by atoms with van der Waals surface area (Å²) in [5.41, 5.74) is 7.48. The van der Waals surface area contributed by atoms with Crippen LogP contribution in [0.25, 0.3) is 10.4 Å². The molecule has 0 saturated carbocycles. The lowest BCUT2D eigenvalue weighted by atomic mass is 10.0. The zero-order valence-corrected chi connectivity index (χ0v) is 12.2. The van der Waals surface area contributed by atoms with Gasteiger partial charge in [-0.25, -0.2) is 4.79 Å². The highest BCUT2D eigenvalue weighted by Gasteiger charge is 2.40. The minimum Gasteiger partial charge on any atom is -0.394 e. The molecule has 0 bridgehead atoms. The van der Waals surface area contributed by atoms with Crippen molar-refractivity contribution in [2.75, 3.05) is 6.61 Å². The van der Waals surface area contributed by atoms with Gasteiger partial charge in [0.25, 0.3) is 5.56 Å². The number of aryl methyl sites for hydroxylation is 1. The number of hydrogen-bond acceptors (Lipinski definition) is 7. The Morgan fingerprint density at radius 1 is 1.52 bits per heavy atom. The van der Waals surface area contributed by atoms with E-state index >= 15 is 0 Å². The molecule has 0 aromatic carbocycles. The molecule has 0 radical (unpaired) electrons. The Bertz CT molecular complexity index is 723. The molecule has 23 heavy (non-hydrogen) atoms. The number of azide groups is 1. The summed E-state index contributed by atoms with van der Waals surface area (Å²) in [7, 11) is 0. The molecule has 4 N–H and O–H groups in total. The van der Waals surface area contributed by atoms with Crippen molar-refractivity contribution in [3.8, 4) is 0 Å². The quantitative estimate of drug-likeness (QED) is 0.299. The lowest BCUT2D eigenvalue weighted by Gasteiger charge is -2.25. The average Bonchev–Trinajstić information content (AvgIpc) is 2.62. The number of aromatic nitrogens is 2. The van der Waals surface area contributed by atoms with Crippen LogP contribution >= 0.6 is 0 Å². The fourth-order valence-electron chi connectivity index (χ4n) is 2.47. The summed E-state index contributed by atoms with van der Waals surface area (Å²) in [5, 5.41) is 32.9. The van der Waals surface area contributed by atoms with E-state index < -0.39 is 48.4 Å². The van der Waals surface area contributed by atoms with Crippen LogP contribution in [0.2, 0.25) is 0 Å². The van der Waals surface area contributed by atoms with Gasteiger partial charge in [0.1, 0.15) is 12.3 Å². The van der Waals surface area contributed by atoms with Crippen LogP contribution in [0.15, 0.2) is 20.9 Å². The maximum atomic E-state index is 11.9. The second-order valence-corrected chi connectivity index (χ2v) is 5.28. The minimum atomic E-state index is -1.45. The van der Waals surface area contributed by atoms with Crippen molar-refractivity contribution >= 4 is 0 Å². The monoisotopic (exact) mass is 327 g/mol. The summed E-state index contributed by atoms with van der Waals surface area (Å²) in [6.07, 6.45) is -3.90. The van der Waals surface area contributed by atoms with Gasteiger partial charge in [-0.15, -0.1) is 0 Å². The molecule has 2 heterocycles. The highest BCUT2D eigenvalue weighted by molar-refractivity contribution is 5.02. The largest absolute Gasteiger partial charge is 0.394 e. The Morgan fingerprint density at radius 3 is 2.83 bits per heavy atom. The van der Waals surface area contributed by atoms with Crippen molar-refractivity contribution in [3.63, 3.8) is 0 Å². The number of aliphatic hydroxyl groups is 3. The summed E-state index contributed by atoms with van der Waals surface area (Å²) < 4.78 is 6.53. The molecule has 0 spiro atoms. The number of H-pyrrole nitrogens is 1.